The fourth-order valence-electron chi connectivity index (χ4n) is 4.30. The lowest BCUT2D eigenvalue weighted by molar-refractivity contribution is -0.112. The summed E-state index contributed by atoms with van der Waals surface area (Å²) >= 11 is 1.65. The van der Waals surface area contributed by atoms with Crippen molar-refractivity contribution in [3.05, 3.63) is 89.5 Å². The van der Waals surface area contributed by atoms with Crippen LogP contribution < -0.4 is 15.6 Å². The quantitative estimate of drug-likeness (QED) is 0.143. The fraction of sp³-hybridized carbons (Fsp3) is 0.267. The number of hydrazone groups is 1. The number of aromatic carboxylic acids is 1. The predicted molar refractivity (Wildman–Crippen MR) is 156 cm³/mol. The molecule has 3 N–H and O–H groups in total. The van der Waals surface area contributed by atoms with Crippen LogP contribution in [0.2, 0.25) is 0 Å². The lowest BCUT2D eigenvalue weighted by Gasteiger charge is -2.16. The van der Waals surface area contributed by atoms with Gasteiger partial charge < -0.3 is 15.3 Å². The monoisotopic (exact) mass is 544 g/mol. The molecule has 39 heavy (non-hydrogen) atoms. The van der Waals surface area contributed by atoms with Crippen molar-refractivity contribution in [3.63, 3.8) is 0 Å². The number of unbranched alkanes of at least 4 members (excludes halogenated alkanes) is 3. The van der Waals surface area contributed by atoms with E-state index in [2.05, 4.69) is 22.8 Å². The predicted octanol–water partition coefficient (Wildman–Crippen LogP) is 6.17. The number of nitrogens with one attached hydrogen (secondary N) is 2. The minimum atomic E-state index is -0.937. The number of carboxylic acid groups (broad SMARTS) is 1. The van der Waals surface area contributed by atoms with Crippen LogP contribution in [0.3, 0.4) is 0 Å². The van der Waals surface area contributed by atoms with E-state index in [1.807, 2.05) is 48.5 Å². The SMILES string of the molecule is CCCCCCN1C(=O)C(=NNC(=O)Nc2ccccc2)c2cc(SCCc3ccc(C(=O)O)cc3)ccc21. The van der Waals surface area contributed by atoms with Crippen LogP contribution in [0.4, 0.5) is 16.2 Å². The summed E-state index contributed by atoms with van der Waals surface area (Å²) in [7, 11) is 0. The van der Waals surface area contributed by atoms with Crippen LogP contribution in [0.25, 0.3) is 0 Å². The molecule has 0 fully saturated rings. The number of urea groups is 1. The third-order valence-corrected chi connectivity index (χ3v) is 7.35. The number of anilines is 2. The van der Waals surface area contributed by atoms with E-state index in [0.29, 0.717) is 17.8 Å². The third-order valence-electron chi connectivity index (χ3n) is 6.36. The molecule has 8 nitrogen and oxygen atoms in total. The van der Waals surface area contributed by atoms with Gasteiger partial charge in [0.1, 0.15) is 0 Å². The number of rotatable bonds is 12. The Morgan fingerprint density at radius 1 is 0.974 bits per heavy atom. The Kier molecular flexibility index (Phi) is 9.74. The first-order valence-electron chi connectivity index (χ1n) is 13.1. The largest absolute Gasteiger partial charge is 0.478 e. The van der Waals surface area contributed by atoms with E-state index in [4.69, 9.17) is 5.11 Å². The second-order valence-corrected chi connectivity index (χ2v) is 10.4. The molecule has 0 unspecified atom stereocenters. The van der Waals surface area contributed by atoms with Gasteiger partial charge in [-0.25, -0.2) is 15.0 Å². The number of benzene rings is 3. The van der Waals surface area contributed by atoms with E-state index in [9.17, 15) is 14.4 Å². The average Bonchev–Trinajstić information content (AvgIpc) is 3.20. The normalized spacial score (nSPS) is 13.4. The van der Waals surface area contributed by atoms with Crippen LogP contribution in [-0.4, -0.2) is 41.0 Å². The highest BCUT2D eigenvalue weighted by molar-refractivity contribution is 7.99. The first-order chi connectivity index (χ1) is 19.0. The van der Waals surface area contributed by atoms with Crippen molar-refractivity contribution in [3.8, 4) is 0 Å². The second kappa shape index (κ2) is 13.6. The molecule has 1 aliphatic heterocycles. The highest BCUT2D eigenvalue weighted by Crippen LogP contribution is 2.33. The number of hydrogen-bond acceptors (Lipinski definition) is 5. The van der Waals surface area contributed by atoms with Gasteiger partial charge in [-0.2, -0.15) is 5.10 Å². The molecular weight excluding hydrogens is 512 g/mol. The first kappa shape index (κ1) is 27.9. The summed E-state index contributed by atoms with van der Waals surface area (Å²) in [6, 6.07) is 21.3. The van der Waals surface area contributed by atoms with E-state index in [0.717, 1.165) is 54.0 Å². The molecule has 0 bridgehead atoms. The van der Waals surface area contributed by atoms with Gasteiger partial charge in [0.2, 0.25) is 0 Å². The van der Waals surface area contributed by atoms with Gasteiger partial charge in [-0.3, -0.25) is 4.79 Å². The fourth-order valence-corrected chi connectivity index (χ4v) is 5.24. The van der Waals surface area contributed by atoms with Gasteiger partial charge in [-0.05, 0) is 60.9 Å². The van der Waals surface area contributed by atoms with Crippen LogP contribution in [0, 0.1) is 0 Å². The minimum Gasteiger partial charge on any atom is -0.478 e. The zero-order valence-corrected chi connectivity index (χ0v) is 22.7. The van der Waals surface area contributed by atoms with Gasteiger partial charge in [0, 0.05) is 28.4 Å². The van der Waals surface area contributed by atoms with Crippen molar-refractivity contribution in [2.24, 2.45) is 5.10 Å². The summed E-state index contributed by atoms with van der Waals surface area (Å²) in [4.78, 5) is 39.6. The summed E-state index contributed by atoms with van der Waals surface area (Å²) < 4.78 is 0. The van der Waals surface area contributed by atoms with Crippen molar-refractivity contribution in [1.29, 1.82) is 0 Å². The number of hydrogen-bond donors (Lipinski definition) is 3. The van der Waals surface area contributed by atoms with Crippen molar-refractivity contribution in [2.75, 3.05) is 22.5 Å². The molecule has 1 aliphatic rings. The zero-order valence-electron chi connectivity index (χ0n) is 21.9. The highest BCUT2D eigenvalue weighted by atomic mass is 32.2. The first-order valence-corrected chi connectivity index (χ1v) is 14.1. The maximum absolute atomic E-state index is 13.4. The van der Waals surface area contributed by atoms with Gasteiger partial charge in [-0.15, -0.1) is 11.8 Å². The summed E-state index contributed by atoms with van der Waals surface area (Å²) in [5.41, 5.74) is 6.15. The summed E-state index contributed by atoms with van der Waals surface area (Å²) in [6.45, 7) is 2.75. The second-order valence-electron chi connectivity index (χ2n) is 9.19. The Morgan fingerprint density at radius 2 is 1.74 bits per heavy atom. The number of fused-ring (bicyclic) bond motifs is 1. The number of thioether (sulfide) groups is 1. The molecule has 3 amide bonds. The Balaban J connectivity index is 1.47. The molecule has 3 aromatic rings. The van der Waals surface area contributed by atoms with Crippen LogP contribution in [0.1, 0.15) is 54.1 Å². The molecular formula is C30H32N4O4S. The Hall–Kier alpha value is -4.11. The van der Waals surface area contributed by atoms with Gasteiger partial charge in [0.15, 0.2) is 5.71 Å². The van der Waals surface area contributed by atoms with Crippen LogP contribution in [0.5, 0.6) is 0 Å². The molecule has 0 aliphatic carbocycles. The zero-order chi connectivity index (χ0) is 27.6. The van der Waals surface area contributed by atoms with Crippen molar-refractivity contribution < 1.29 is 19.5 Å². The summed E-state index contributed by atoms with van der Waals surface area (Å²) in [6.07, 6.45) is 4.94. The van der Waals surface area contributed by atoms with Crippen LogP contribution in [0.15, 0.2) is 82.8 Å². The smallest absolute Gasteiger partial charge is 0.339 e. The third kappa shape index (κ3) is 7.48. The number of para-hydroxylation sites is 1. The number of nitrogens with zero attached hydrogens (tertiary/aromatic N) is 2. The van der Waals surface area contributed by atoms with E-state index in [-0.39, 0.29) is 17.2 Å². The standard InChI is InChI=1S/C30H32N4O4S/c1-2-3-4-8-18-34-26-16-15-24(39-19-17-21-11-13-22(14-12-21)29(36)37)20-25(26)27(28(34)35)32-33-30(38)31-23-9-6-5-7-10-23/h5-7,9-16,20H,2-4,8,17-19H2,1H3,(H,36,37)(H2,31,33,38). The number of carboxylic acids is 1. The minimum absolute atomic E-state index is 0.218. The van der Waals surface area contributed by atoms with E-state index in [1.54, 1.807) is 40.9 Å². The molecule has 9 heteroatoms. The van der Waals surface area contributed by atoms with Gasteiger partial charge in [0.25, 0.3) is 5.91 Å². The molecule has 0 atom stereocenters. The Labute approximate surface area is 232 Å². The molecule has 0 saturated carbocycles. The maximum atomic E-state index is 13.4. The van der Waals surface area contributed by atoms with E-state index < -0.39 is 12.0 Å². The average molecular weight is 545 g/mol. The van der Waals surface area contributed by atoms with Gasteiger partial charge in [-0.1, -0.05) is 56.5 Å². The summed E-state index contributed by atoms with van der Waals surface area (Å²) in [5.74, 6) is -0.376. The Morgan fingerprint density at radius 3 is 2.46 bits per heavy atom. The molecule has 0 saturated heterocycles. The molecule has 3 aromatic carbocycles. The summed E-state index contributed by atoms with van der Waals surface area (Å²) in [5, 5.41) is 16.0. The Bertz CT molecular complexity index is 1340. The number of amides is 3. The van der Waals surface area contributed by atoms with Crippen molar-refractivity contribution in [1.82, 2.24) is 5.43 Å². The van der Waals surface area contributed by atoms with Gasteiger partial charge >= 0.3 is 12.0 Å². The molecule has 0 radical (unpaired) electrons. The molecule has 0 aromatic heterocycles. The van der Waals surface area contributed by atoms with Crippen LogP contribution in [-0.2, 0) is 11.2 Å². The van der Waals surface area contributed by atoms with Crippen LogP contribution >= 0.6 is 11.8 Å². The highest BCUT2D eigenvalue weighted by Gasteiger charge is 2.34. The number of carbonyl (C=O) groups is 3. The van der Waals surface area contributed by atoms with E-state index in [1.165, 1.54) is 0 Å². The van der Waals surface area contributed by atoms with Crippen molar-refractivity contribution >= 4 is 46.8 Å². The lowest BCUT2D eigenvalue weighted by atomic mass is 10.1. The number of carbonyl (C=O) groups excluding carboxylic acids is 2. The lowest BCUT2D eigenvalue weighted by Crippen LogP contribution is -2.33. The number of aryl methyl sites for hydroxylation is 1. The van der Waals surface area contributed by atoms with Gasteiger partial charge in [0.05, 0.1) is 11.3 Å². The maximum Gasteiger partial charge on any atom is 0.339 e. The topological polar surface area (TPSA) is 111 Å². The molecule has 0 spiro atoms. The van der Waals surface area contributed by atoms with Crippen molar-refractivity contribution in [2.45, 2.75) is 43.9 Å². The van der Waals surface area contributed by atoms with E-state index >= 15 is 0 Å². The molecule has 202 valence electrons. The molecule has 4 rings (SSSR count). The molecule has 1 heterocycles.